The van der Waals surface area contributed by atoms with Gasteiger partial charge in [-0.25, -0.2) is 0 Å². The monoisotopic (exact) mass is 386 g/mol. The van der Waals surface area contributed by atoms with Crippen LogP contribution < -0.4 is 16.0 Å². The van der Waals surface area contributed by atoms with Crippen molar-refractivity contribution in [3.05, 3.63) is 34.9 Å². The Morgan fingerprint density at radius 3 is 2.57 bits per heavy atom. The number of carbonyl (C=O) groups excluding carboxylic acids is 4. The molecule has 3 N–H and O–H groups in total. The molecule has 3 rings (SSSR count). The van der Waals surface area contributed by atoms with Crippen LogP contribution in [0.5, 0.6) is 0 Å². The number of nitrogens with zero attached hydrogens (tertiary/aromatic N) is 1. The molecule has 0 radical (unpaired) electrons. The molecule has 1 fully saturated rings. The van der Waals surface area contributed by atoms with Gasteiger partial charge >= 0.3 is 0 Å². The normalized spacial score (nSPS) is 19.4. The van der Waals surface area contributed by atoms with Crippen LogP contribution in [0.1, 0.15) is 59.4 Å². The van der Waals surface area contributed by atoms with Gasteiger partial charge in [-0.05, 0) is 43.6 Å². The second kappa shape index (κ2) is 8.62. The van der Waals surface area contributed by atoms with Crippen LogP contribution in [-0.4, -0.2) is 53.7 Å². The van der Waals surface area contributed by atoms with Gasteiger partial charge in [0.2, 0.25) is 11.8 Å². The van der Waals surface area contributed by atoms with Gasteiger partial charge in [0.25, 0.3) is 11.8 Å². The fourth-order valence-corrected chi connectivity index (χ4v) is 3.46. The van der Waals surface area contributed by atoms with E-state index in [0.29, 0.717) is 23.7 Å². The van der Waals surface area contributed by atoms with Crippen LogP contribution in [0.4, 0.5) is 0 Å². The Balaban J connectivity index is 1.62. The summed E-state index contributed by atoms with van der Waals surface area (Å²) in [6.45, 7) is 6.58. The highest BCUT2D eigenvalue weighted by atomic mass is 16.2. The topological polar surface area (TPSA) is 108 Å². The van der Waals surface area contributed by atoms with E-state index in [9.17, 15) is 19.2 Å². The van der Waals surface area contributed by atoms with Crippen LogP contribution >= 0.6 is 0 Å². The molecule has 8 heteroatoms. The van der Waals surface area contributed by atoms with E-state index in [4.69, 9.17) is 0 Å². The molecule has 1 aromatic rings. The van der Waals surface area contributed by atoms with Gasteiger partial charge in [0.05, 0.1) is 11.1 Å². The lowest BCUT2D eigenvalue weighted by molar-refractivity contribution is -0.136. The molecule has 28 heavy (non-hydrogen) atoms. The van der Waals surface area contributed by atoms with Crippen molar-refractivity contribution < 1.29 is 19.2 Å². The third-order valence-electron chi connectivity index (χ3n) is 4.92. The van der Waals surface area contributed by atoms with Crippen LogP contribution in [0, 0.1) is 0 Å². The smallest absolute Gasteiger partial charge is 0.262 e. The molecule has 0 aliphatic carbocycles. The van der Waals surface area contributed by atoms with Crippen molar-refractivity contribution in [2.45, 2.75) is 51.7 Å². The number of hydrogen-bond donors (Lipinski definition) is 3. The molecule has 0 saturated carbocycles. The minimum atomic E-state index is -0.930. The van der Waals surface area contributed by atoms with Crippen molar-refractivity contribution in [2.75, 3.05) is 13.1 Å². The predicted molar refractivity (Wildman–Crippen MR) is 103 cm³/mol. The van der Waals surface area contributed by atoms with Crippen LogP contribution in [0.2, 0.25) is 0 Å². The van der Waals surface area contributed by atoms with Gasteiger partial charge in [-0.15, -0.1) is 0 Å². The molecule has 1 saturated heterocycles. The first-order valence-electron chi connectivity index (χ1n) is 9.67. The maximum absolute atomic E-state index is 12.8. The summed E-state index contributed by atoms with van der Waals surface area (Å²) < 4.78 is 0. The maximum Gasteiger partial charge on any atom is 0.262 e. The first kappa shape index (κ1) is 20.2. The number of hydrogen-bond acceptors (Lipinski definition) is 6. The number of imide groups is 2. The fourth-order valence-electron chi connectivity index (χ4n) is 3.46. The lowest BCUT2D eigenvalue weighted by Crippen LogP contribution is -2.54. The number of rotatable bonds is 8. The Kier molecular flexibility index (Phi) is 6.21. The molecule has 2 aliphatic rings. The molecule has 1 atom stereocenters. The zero-order valence-electron chi connectivity index (χ0n) is 16.2. The minimum Gasteiger partial charge on any atom is -0.314 e. The van der Waals surface area contributed by atoms with Gasteiger partial charge in [-0.2, -0.15) is 0 Å². The summed E-state index contributed by atoms with van der Waals surface area (Å²) in [6, 6.07) is 4.70. The standard InChI is InChI=1S/C20H26N4O4/c1-12(2)22-9-3-8-21-11-13-4-5-14-15(10-13)20(28)24(19(14)27)16-6-7-17(25)23-18(16)26/h4-5,10,12,16,21-22H,3,6-9,11H2,1-2H3,(H,23,25,26). The summed E-state index contributed by atoms with van der Waals surface area (Å²) in [7, 11) is 0. The number of nitrogens with one attached hydrogen (secondary N) is 3. The summed E-state index contributed by atoms with van der Waals surface area (Å²) in [6.07, 6.45) is 1.27. The molecule has 0 aromatic heterocycles. The van der Waals surface area contributed by atoms with E-state index >= 15 is 0 Å². The molecule has 2 heterocycles. The number of fused-ring (bicyclic) bond motifs is 1. The molecule has 0 bridgehead atoms. The number of amides is 4. The quantitative estimate of drug-likeness (QED) is 0.445. The lowest BCUT2D eigenvalue weighted by atomic mass is 10.0. The molecule has 1 unspecified atom stereocenters. The fraction of sp³-hybridized carbons (Fsp3) is 0.500. The second-order valence-corrected chi connectivity index (χ2v) is 7.47. The highest BCUT2D eigenvalue weighted by molar-refractivity contribution is 6.23. The van der Waals surface area contributed by atoms with Gasteiger partial charge in [0.1, 0.15) is 6.04 Å². The average molecular weight is 386 g/mol. The van der Waals surface area contributed by atoms with Gasteiger partial charge in [0.15, 0.2) is 0 Å². The van der Waals surface area contributed by atoms with E-state index < -0.39 is 23.8 Å². The zero-order chi connectivity index (χ0) is 20.3. The highest BCUT2D eigenvalue weighted by Gasteiger charge is 2.44. The van der Waals surface area contributed by atoms with Crippen LogP contribution in [0.25, 0.3) is 0 Å². The molecule has 8 nitrogen and oxygen atoms in total. The van der Waals surface area contributed by atoms with E-state index in [1.54, 1.807) is 12.1 Å². The highest BCUT2D eigenvalue weighted by Crippen LogP contribution is 2.28. The van der Waals surface area contributed by atoms with Crippen molar-refractivity contribution in [1.29, 1.82) is 0 Å². The van der Waals surface area contributed by atoms with E-state index in [-0.39, 0.29) is 18.7 Å². The summed E-state index contributed by atoms with van der Waals surface area (Å²) in [5.41, 5.74) is 1.52. The van der Waals surface area contributed by atoms with Crippen molar-refractivity contribution in [1.82, 2.24) is 20.9 Å². The van der Waals surface area contributed by atoms with E-state index in [1.807, 2.05) is 6.07 Å². The van der Waals surface area contributed by atoms with E-state index in [2.05, 4.69) is 29.8 Å². The van der Waals surface area contributed by atoms with E-state index in [1.165, 1.54) is 0 Å². The Morgan fingerprint density at radius 1 is 1.11 bits per heavy atom. The summed E-state index contributed by atoms with van der Waals surface area (Å²) >= 11 is 0. The second-order valence-electron chi connectivity index (χ2n) is 7.47. The Morgan fingerprint density at radius 2 is 1.86 bits per heavy atom. The molecule has 2 aliphatic heterocycles. The molecule has 150 valence electrons. The van der Waals surface area contributed by atoms with Crippen LogP contribution in [0.15, 0.2) is 18.2 Å². The van der Waals surface area contributed by atoms with Crippen molar-refractivity contribution in [3.8, 4) is 0 Å². The van der Waals surface area contributed by atoms with Gasteiger partial charge in [0, 0.05) is 19.0 Å². The van der Waals surface area contributed by atoms with E-state index in [0.717, 1.165) is 30.0 Å². The van der Waals surface area contributed by atoms with Crippen molar-refractivity contribution in [3.63, 3.8) is 0 Å². The summed E-state index contributed by atoms with van der Waals surface area (Å²) in [4.78, 5) is 49.8. The number of carbonyl (C=O) groups is 4. The van der Waals surface area contributed by atoms with Crippen LogP contribution in [0.3, 0.4) is 0 Å². The van der Waals surface area contributed by atoms with Crippen LogP contribution in [-0.2, 0) is 16.1 Å². The maximum atomic E-state index is 12.8. The average Bonchev–Trinajstić information content (AvgIpc) is 2.89. The van der Waals surface area contributed by atoms with Crippen molar-refractivity contribution >= 4 is 23.6 Å². The summed E-state index contributed by atoms with van der Waals surface area (Å²) in [5.74, 6) is -1.93. The number of benzene rings is 1. The third-order valence-corrected chi connectivity index (χ3v) is 4.92. The molecule has 1 aromatic carbocycles. The van der Waals surface area contributed by atoms with Gasteiger partial charge < -0.3 is 10.6 Å². The van der Waals surface area contributed by atoms with Gasteiger partial charge in [-0.3, -0.25) is 29.4 Å². The molecule has 0 spiro atoms. The molecular weight excluding hydrogens is 360 g/mol. The first-order valence-corrected chi connectivity index (χ1v) is 9.67. The predicted octanol–water partition coefficient (Wildman–Crippen LogP) is 0.566. The third kappa shape index (κ3) is 4.28. The summed E-state index contributed by atoms with van der Waals surface area (Å²) in [5, 5.41) is 8.88. The van der Waals surface area contributed by atoms with Crippen molar-refractivity contribution in [2.24, 2.45) is 0 Å². The Hall–Kier alpha value is -2.58. The SMILES string of the molecule is CC(C)NCCCNCc1ccc2c(c1)C(=O)N(C1CCC(=O)NC1=O)C2=O. The Bertz CT molecular complexity index is 805. The van der Waals surface area contributed by atoms with Gasteiger partial charge in [-0.1, -0.05) is 19.9 Å². The molecular formula is C20H26N4O4. The Labute approximate surface area is 164 Å². The zero-order valence-corrected chi connectivity index (χ0v) is 16.2. The first-order chi connectivity index (χ1) is 13.4. The lowest BCUT2D eigenvalue weighted by Gasteiger charge is -2.27. The number of piperidine rings is 1. The largest absolute Gasteiger partial charge is 0.314 e. The minimum absolute atomic E-state index is 0.116. The molecule has 4 amide bonds.